The molecule has 0 radical (unpaired) electrons. The molecular weight excluding hydrogens is 456 g/mol. The predicted molar refractivity (Wildman–Crippen MR) is 102 cm³/mol. The molecule has 3 rings (SSSR count). The monoisotopic (exact) mass is 471 g/mol. The Kier molecular flexibility index (Phi) is 5.18. The smallest absolute Gasteiger partial charge is 0.265 e. The summed E-state index contributed by atoms with van der Waals surface area (Å²) in [6.45, 7) is 3.98. The topological polar surface area (TPSA) is 80.3 Å². The predicted octanol–water partition coefficient (Wildman–Crippen LogP) is 4.10. The minimum Gasteiger partial charge on any atom is -0.294 e. The van der Waals surface area contributed by atoms with E-state index in [1.807, 2.05) is 18.6 Å². The number of rotatable bonds is 3. The van der Waals surface area contributed by atoms with E-state index in [9.17, 15) is 26.8 Å². The summed E-state index contributed by atoms with van der Waals surface area (Å²) < 4.78 is 53.1. The molecule has 0 unspecified atom stereocenters. The summed E-state index contributed by atoms with van der Waals surface area (Å²) in [7, 11) is -4.45. The summed E-state index contributed by atoms with van der Waals surface area (Å²) in [6, 6.07) is 5.78. The molecule has 0 heterocycles. The van der Waals surface area contributed by atoms with Gasteiger partial charge in [-0.2, -0.15) is 0 Å². The van der Waals surface area contributed by atoms with Gasteiger partial charge in [0.15, 0.2) is 17.4 Å². The lowest BCUT2D eigenvalue weighted by atomic mass is 9.72. The first-order chi connectivity index (χ1) is 12.9. The normalized spacial score (nSPS) is 15.8. The number of ketones is 1. The molecule has 1 amide bonds. The van der Waals surface area contributed by atoms with E-state index in [2.05, 4.69) is 15.9 Å². The van der Waals surface area contributed by atoms with Crippen LogP contribution in [0, 0.1) is 11.6 Å². The fourth-order valence-corrected chi connectivity index (χ4v) is 4.73. The number of hydrogen-bond donors (Lipinski definition) is 1. The molecule has 2 aromatic rings. The van der Waals surface area contributed by atoms with E-state index in [0.29, 0.717) is 24.5 Å². The molecule has 0 aliphatic heterocycles. The number of amides is 1. The number of carbonyl (C=O) groups excluding carboxylic acids is 2. The zero-order valence-electron chi connectivity index (χ0n) is 15.0. The van der Waals surface area contributed by atoms with Crippen LogP contribution in [0.2, 0.25) is 0 Å². The molecular formula is C19H16BrF2NO4S. The van der Waals surface area contributed by atoms with E-state index in [-0.39, 0.29) is 21.2 Å². The lowest BCUT2D eigenvalue weighted by Gasteiger charge is -2.31. The largest absolute Gasteiger partial charge is 0.294 e. The van der Waals surface area contributed by atoms with Crippen molar-refractivity contribution in [3.63, 3.8) is 0 Å². The third kappa shape index (κ3) is 3.73. The standard InChI is InChI=1S/C19H16BrF2NO4S/c1-19(2)6-5-16(24)12-7-10(3-4-13(12)19)18(25)23-28(26,27)11-8-14(20)17(22)15(21)9-11/h3-4,7-9H,5-6H2,1-2H3,(H,23,25). The van der Waals surface area contributed by atoms with E-state index >= 15 is 0 Å². The maximum absolute atomic E-state index is 13.5. The minimum absolute atomic E-state index is 0.0185. The summed E-state index contributed by atoms with van der Waals surface area (Å²) in [5.74, 6) is -3.69. The second-order valence-electron chi connectivity index (χ2n) is 7.20. The Morgan fingerprint density at radius 1 is 1.18 bits per heavy atom. The van der Waals surface area contributed by atoms with Crippen LogP contribution in [0.25, 0.3) is 0 Å². The molecule has 0 atom stereocenters. The average Bonchev–Trinajstić information content (AvgIpc) is 2.62. The van der Waals surface area contributed by atoms with Gasteiger partial charge in [-0.05, 0) is 57.6 Å². The molecule has 0 bridgehead atoms. The van der Waals surface area contributed by atoms with E-state index in [1.54, 1.807) is 6.07 Å². The van der Waals surface area contributed by atoms with E-state index in [4.69, 9.17) is 0 Å². The molecule has 0 fully saturated rings. The molecule has 1 aliphatic rings. The number of nitrogens with one attached hydrogen (secondary N) is 1. The summed E-state index contributed by atoms with van der Waals surface area (Å²) in [6.07, 6.45) is 1.02. The highest BCUT2D eigenvalue weighted by atomic mass is 79.9. The van der Waals surface area contributed by atoms with E-state index in [0.717, 1.165) is 11.6 Å². The first kappa shape index (κ1) is 20.6. The molecule has 2 aromatic carbocycles. The Labute approximate surface area is 169 Å². The van der Waals surface area contributed by atoms with Crippen molar-refractivity contribution in [3.8, 4) is 0 Å². The molecule has 0 saturated heterocycles. The Morgan fingerprint density at radius 3 is 2.50 bits per heavy atom. The van der Waals surface area contributed by atoms with Gasteiger partial charge in [0.25, 0.3) is 15.9 Å². The lowest BCUT2D eigenvalue weighted by molar-refractivity contribution is 0.0956. The molecule has 0 saturated carbocycles. The summed E-state index contributed by atoms with van der Waals surface area (Å²) in [4.78, 5) is 24.1. The summed E-state index contributed by atoms with van der Waals surface area (Å²) >= 11 is 2.73. The van der Waals surface area contributed by atoms with Crippen LogP contribution < -0.4 is 4.72 Å². The van der Waals surface area contributed by atoms with Gasteiger partial charge in [-0.1, -0.05) is 19.9 Å². The molecule has 9 heteroatoms. The number of benzene rings is 2. The maximum Gasteiger partial charge on any atom is 0.265 e. The number of fused-ring (bicyclic) bond motifs is 1. The van der Waals surface area contributed by atoms with Gasteiger partial charge >= 0.3 is 0 Å². The Hall–Kier alpha value is -2.13. The molecule has 148 valence electrons. The van der Waals surface area contributed by atoms with Gasteiger partial charge in [0, 0.05) is 17.5 Å². The van der Waals surface area contributed by atoms with Gasteiger partial charge in [-0.25, -0.2) is 21.9 Å². The molecule has 1 N–H and O–H groups in total. The van der Waals surface area contributed by atoms with Crippen LogP contribution in [0.3, 0.4) is 0 Å². The zero-order valence-corrected chi connectivity index (χ0v) is 17.4. The zero-order chi connectivity index (χ0) is 20.9. The van der Waals surface area contributed by atoms with Crippen LogP contribution in [0.5, 0.6) is 0 Å². The van der Waals surface area contributed by atoms with Gasteiger partial charge in [-0.15, -0.1) is 0 Å². The molecule has 5 nitrogen and oxygen atoms in total. The molecule has 28 heavy (non-hydrogen) atoms. The Morgan fingerprint density at radius 2 is 1.86 bits per heavy atom. The van der Waals surface area contributed by atoms with E-state index < -0.39 is 32.5 Å². The van der Waals surface area contributed by atoms with E-state index in [1.165, 1.54) is 12.1 Å². The third-order valence-corrected chi connectivity index (χ3v) is 6.67. The average molecular weight is 472 g/mol. The van der Waals surface area contributed by atoms with Gasteiger partial charge in [0.05, 0.1) is 9.37 Å². The van der Waals surface area contributed by atoms with Crippen molar-refractivity contribution in [2.45, 2.75) is 37.0 Å². The Bertz CT molecular complexity index is 1090. The highest BCUT2D eigenvalue weighted by Gasteiger charge is 2.32. The summed E-state index contributed by atoms with van der Waals surface area (Å²) in [5.41, 5.74) is 0.932. The second-order valence-corrected chi connectivity index (χ2v) is 9.74. The van der Waals surface area contributed by atoms with Crippen LogP contribution in [-0.2, 0) is 15.4 Å². The fraction of sp³-hybridized carbons (Fsp3) is 0.263. The van der Waals surface area contributed by atoms with Crippen molar-refractivity contribution < 1.29 is 26.8 Å². The van der Waals surface area contributed by atoms with Crippen molar-refractivity contribution >= 4 is 37.6 Å². The van der Waals surface area contributed by atoms with Crippen molar-refractivity contribution in [1.29, 1.82) is 0 Å². The highest BCUT2D eigenvalue weighted by molar-refractivity contribution is 9.10. The van der Waals surface area contributed by atoms with Crippen LogP contribution in [-0.4, -0.2) is 20.1 Å². The number of sulfonamides is 1. The number of hydrogen-bond acceptors (Lipinski definition) is 4. The highest BCUT2D eigenvalue weighted by Crippen LogP contribution is 2.37. The third-order valence-electron chi connectivity index (χ3n) is 4.78. The van der Waals surface area contributed by atoms with Gasteiger partial charge in [-0.3, -0.25) is 9.59 Å². The van der Waals surface area contributed by atoms with Gasteiger partial charge in [0.2, 0.25) is 0 Å². The van der Waals surface area contributed by atoms with Crippen LogP contribution in [0.1, 0.15) is 53.0 Å². The number of carbonyl (C=O) groups is 2. The van der Waals surface area contributed by atoms with Crippen molar-refractivity contribution in [2.75, 3.05) is 0 Å². The SMILES string of the molecule is CC1(C)CCC(=O)c2cc(C(=O)NS(=O)(=O)c3cc(F)c(F)c(Br)c3)ccc21. The maximum atomic E-state index is 13.5. The molecule has 0 aromatic heterocycles. The number of Topliss-reactive ketones (excluding diaryl/α,β-unsaturated/α-hetero) is 1. The number of halogens is 3. The molecule has 0 spiro atoms. The van der Waals surface area contributed by atoms with Crippen molar-refractivity contribution in [2.24, 2.45) is 0 Å². The summed E-state index contributed by atoms with van der Waals surface area (Å²) in [5, 5.41) is 0. The lowest BCUT2D eigenvalue weighted by Crippen LogP contribution is -2.32. The first-order valence-electron chi connectivity index (χ1n) is 8.32. The van der Waals surface area contributed by atoms with Crippen molar-refractivity contribution in [3.05, 3.63) is 63.1 Å². The van der Waals surface area contributed by atoms with Crippen LogP contribution in [0.15, 0.2) is 39.7 Å². The fourth-order valence-electron chi connectivity index (χ4n) is 3.13. The quantitative estimate of drug-likeness (QED) is 0.683. The first-order valence-corrected chi connectivity index (χ1v) is 10.6. The Balaban J connectivity index is 1.93. The van der Waals surface area contributed by atoms with Gasteiger partial charge < -0.3 is 0 Å². The minimum atomic E-state index is -4.45. The molecule has 1 aliphatic carbocycles. The second kappa shape index (κ2) is 7.04. The van der Waals surface area contributed by atoms with Crippen LogP contribution >= 0.6 is 15.9 Å². The van der Waals surface area contributed by atoms with Crippen LogP contribution in [0.4, 0.5) is 8.78 Å². The van der Waals surface area contributed by atoms with Gasteiger partial charge in [0.1, 0.15) is 0 Å². The van der Waals surface area contributed by atoms with Crippen molar-refractivity contribution in [1.82, 2.24) is 4.72 Å².